The molecule has 1 amide bonds. The van der Waals surface area contributed by atoms with E-state index in [9.17, 15) is 19.3 Å². The molecule has 0 aliphatic heterocycles. The maximum absolute atomic E-state index is 12.8. The van der Waals surface area contributed by atoms with Crippen molar-refractivity contribution in [3.8, 4) is 0 Å². The zero-order valence-electron chi connectivity index (χ0n) is 11.9. The highest BCUT2D eigenvalue weighted by Crippen LogP contribution is 2.12. The van der Waals surface area contributed by atoms with Gasteiger partial charge in [0.1, 0.15) is 24.3 Å². The van der Waals surface area contributed by atoms with E-state index in [4.69, 9.17) is 0 Å². The number of carbonyl (C=O) groups is 1. The second-order valence-electron chi connectivity index (χ2n) is 4.78. The van der Waals surface area contributed by atoms with Gasteiger partial charge in [0, 0.05) is 6.54 Å². The highest BCUT2D eigenvalue weighted by atomic mass is 19.1. The third-order valence-corrected chi connectivity index (χ3v) is 3.20. The average molecular weight is 306 g/mol. The van der Waals surface area contributed by atoms with E-state index in [0.29, 0.717) is 13.0 Å². The first-order valence-corrected chi connectivity index (χ1v) is 6.68. The molecule has 1 N–H and O–H groups in total. The number of carbonyl (C=O) groups excluding carboxylic acids is 1. The molecule has 2 aromatic rings. The van der Waals surface area contributed by atoms with Gasteiger partial charge in [0.15, 0.2) is 0 Å². The Morgan fingerprint density at radius 1 is 1.45 bits per heavy atom. The van der Waals surface area contributed by atoms with E-state index in [-0.39, 0.29) is 17.4 Å². The minimum atomic E-state index is -0.651. The van der Waals surface area contributed by atoms with Crippen molar-refractivity contribution < 1.29 is 14.1 Å². The van der Waals surface area contributed by atoms with Crippen LogP contribution >= 0.6 is 0 Å². The summed E-state index contributed by atoms with van der Waals surface area (Å²) >= 11 is 0. The molecule has 0 aliphatic rings. The quantitative estimate of drug-likeness (QED) is 0.651. The zero-order valence-corrected chi connectivity index (χ0v) is 11.9. The first kappa shape index (κ1) is 15.6. The summed E-state index contributed by atoms with van der Waals surface area (Å²) in [6, 6.07) is 5.39. The Kier molecular flexibility index (Phi) is 4.82. The van der Waals surface area contributed by atoms with Crippen LogP contribution in [-0.2, 0) is 11.2 Å². The second-order valence-corrected chi connectivity index (χ2v) is 4.78. The van der Waals surface area contributed by atoms with E-state index in [0.717, 1.165) is 11.8 Å². The number of hydrogen-bond acceptors (Lipinski definition) is 4. The Morgan fingerprint density at radius 3 is 2.73 bits per heavy atom. The van der Waals surface area contributed by atoms with Crippen molar-refractivity contribution >= 4 is 11.6 Å². The Hall–Kier alpha value is -2.77. The standard InChI is InChI=1S/C14H15FN4O3/c1-10(18-9-13(8-17-18)19(21)22)14(20)16-7-6-11-2-4-12(15)5-3-11/h2-5,8-10H,6-7H2,1H3,(H,16,20). The van der Waals surface area contributed by atoms with Crippen LogP contribution in [-0.4, -0.2) is 27.2 Å². The van der Waals surface area contributed by atoms with Gasteiger partial charge in [-0.05, 0) is 31.0 Å². The van der Waals surface area contributed by atoms with Crippen molar-refractivity contribution in [2.75, 3.05) is 6.54 Å². The van der Waals surface area contributed by atoms with Gasteiger partial charge < -0.3 is 5.32 Å². The maximum atomic E-state index is 12.8. The minimum absolute atomic E-state index is 0.161. The topological polar surface area (TPSA) is 90.1 Å². The number of halogens is 1. The smallest absolute Gasteiger partial charge is 0.307 e. The van der Waals surface area contributed by atoms with Crippen LogP contribution in [0.15, 0.2) is 36.7 Å². The number of benzene rings is 1. The maximum Gasteiger partial charge on any atom is 0.307 e. The molecule has 1 aromatic carbocycles. The molecule has 0 spiro atoms. The van der Waals surface area contributed by atoms with Crippen LogP contribution in [0.25, 0.3) is 0 Å². The normalized spacial score (nSPS) is 11.9. The van der Waals surface area contributed by atoms with Crippen LogP contribution in [0.3, 0.4) is 0 Å². The molecule has 0 saturated carbocycles. The van der Waals surface area contributed by atoms with Gasteiger partial charge in [0.05, 0.1) is 4.92 Å². The summed E-state index contributed by atoms with van der Waals surface area (Å²) in [6.45, 7) is 1.99. The van der Waals surface area contributed by atoms with Gasteiger partial charge in [0.25, 0.3) is 0 Å². The van der Waals surface area contributed by atoms with E-state index >= 15 is 0 Å². The molecule has 0 aliphatic carbocycles. The third kappa shape index (κ3) is 3.87. The molecule has 0 bridgehead atoms. The lowest BCUT2D eigenvalue weighted by Crippen LogP contribution is -2.32. The van der Waals surface area contributed by atoms with Crippen LogP contribution in [0.5, 0.6) is 0 Å². The van der Waals surface area contributed by atoms with Crippen LogP contribution in [0.1, 0.15) is 18.5 Å². The molecule has 116 valence electrons. The van der Waals surface area contributed by atoms with Gasteiger partial charge in [-0.15, -0.1) is 0 Å². The summed E-state index contributed by atoms with van der Waals surface area (Å²) in [5.74, 6) is -0.596. The fourth-order valence-electron chi connectivity index (χ4n) is 1.88. The number of nitro groups is 1. The summed E-state index contributed by atoms with van der Waals surface area (Å²) in [6.07, 6.45) is 2.88. The molecule has 0 saturated heterocycles. The van der Waals surface area contributed by atoms with Gasteiger partial charge in [-0.3, -0.25) is 19.6 Å². The molecular weight excluding hydrogens is 291 g/mol. The molecule has 2 rings (SSSR count). The first-order valence-electron chi connectivity index (χ1n) is 6.68. The Balaban J connectivity index is 1.85. The number of nitrogens with zero attached hydrogens (tertiary/aromatic N) is 3. The molecule has 8 heteroatoms. The van der Waals surface area contributed by atoms with E-state index in [1.165, 1.54) is 23.0 Å². The zero-order chi connectivity index (χ0) is 16.1. The highest BCUT2D eigenvalue weighted by Gasteiger charge is 2.18. The van der Waals surface area contributed by atoms with E-state index in [1.54, 1.807) is 19.1 Å². The second kappa shape index (κ2) is 6.79. The van der Waals surface area contributed by atoms with Gasteiger partial charge in [0.2, 0.25) is 5.91 Å². The first-order chi connectivity index (χ1) is 10.5. The molecule has 1 aromatic heterocycles. The van der Waals surface area contributed by atoms with Crippen LogP contribution in [0.2, 0.25) is 0 Å². The Bertz CT molecular complexity index is 669. The molecule has 1 unspecified atom stereocenters. The van der Waals surface area contributed by atoms with Gasteiger partial charge in [-0.1, -0.05) is 12.1 Å². The predicted molar refractivity (Wildman–Crippen MR) is 76.7 cm³/mol. The monoisotopic (exact) mass is 306 g/mol. The van der Waals surface area contributed by atoms with Crippen LogP contribution in [0, 0.1) is 15.9 Å². The average Bonchev–Trinajstić information content (AvgIpc) is 2.98. The lowest BCUT2D eigenvalue weighted by molar-refractivity contribution is -0.385. The number of aromatic nitrogens is 2. The largest absolute Gasteiger partial charge is 0.354 e. The van der Waals surface area contributed by atoms with Crippen molar-refractivity contribution in [3.63, 3.8) is 0 Å². The van der Waals surface area contributed by atoms with Crippen molar-refractivity contribution in [2.45, 2.75) is 19.4 Å². The molecule has 0 fully saturated rings. The Labute approximate surface area is 125 Å². The SMILES string of the molecule is CC(C(=O)NCCc1ccc(F)cc1)n1cc([N+](=O)[O-])cn1. The predicted octanol–water partition coefficient (Wildman–Crippen LogP) is 1.85. The van der Waals surface area contributed by atoms with E-state index in [2.05, 4.69) is 10.4 Å². The molecule has 1 atom stereocenters. The summed E-state index contributed by atoms with van der Waals surface area (Å²) in [7, 11) is 0. The molecule has 0 radical (unpaired) electrons. The van der Waals surface area contributed by atoms with Crippen molar-refractivity contribution in [1.82, 2.24) is 15.1 Å². The molecule has 7 nitrogen and oxygen atoms in total. The van der Waals surface area contributed by atoms with E-state index in [1.807, 2.05) is 0 Å². The fraction of sp³-hybridized carbons (Fsp3) is 0.286. The van der Waals surface area contributed by atoms with Crippen LogP contribution in [0.4, 0.5) is 10.1 Å². The van der Waals surface area contributed by atoms with Crippen molar-refractivity contribution in [3.05, 3.63) is 58.2 Å². The van der Waals surface area contributed by atoms with Gasteiger partial charge in [-0.25, -0.2) is 4.39 Å². The number of hydrogen-bond donors (Lipinski definition) is 1. The lowest BCUT2D eigenvalue weighted by atomic mass is 10.1. The summed E-state index contributed by atoms with van der Waals surface area (Å²) < 4.78 is 14.0. The summed E-state index contributed by atoms with van der Waals surface area (Å²) in [5.41, 5.74) is 0.745. The fourth-order valence-corrected chi connectivity index (χ4v) is 1.88. The highest BCUT2D eigenvalue weighted by molar-refractivity contribution is 5.79. The lowest BCUT2D eigenvalue weighted by Gasteiger charge is -2.12. The van der Waals surface area contributed by atoms with Crippen LogP contribution < -0.4 is 5.32 Å². The Morgan fingerprint density at radius 2 is 2.14 bits per heavy atom. The molecule has 22 heavy (non-hydrogen) atoms. The number of nitrogens with one attached hydrogen (secondary N) is 1. The van der Waals surface area contributed by atoms with Gasteiger partial charge >= 0.3 is 5.69 Å². The van der Waals surface area contributed by atoms with Gasteiger partial charge in [-0.2, -0.15) is 5.10 Å². The summed E-state index contributed by atoms with van der Waals surface area (Å²) in [4.78, 5) is 22.0. The minimum Gasteiger partial charge on any atom is -0.354 e. The molecule has 1 heterocycles. The molecular formula is C14H15FN4O3. The van der Waals surface area contributed by atoms with E-state index < -0.39 is 11.0 Å². The number of rotatable bonds is 6. The number of amides is 1. The van der Waals surface area contributed by atoms with Crippen molar-refractivity contribution in [2.24, 2.45) is 0 Å². The van der Waals surface area contributed by atoms with Crippen molar-refractivity contribution in [1.29, 1.82) is 0 Å². The summed E-state index contributed by atoms with van der Waals surface area (Å²) in [5, 5.41) is 17.1. The third-order valence-electron chi connectivity index (χ3n) is 3.20.